The Kier molecular flexibility index (Phi) is 4.32. The maximum absolute atomic E-state index is 12.2. The van der Waals surface area contributed by atoms with Crippen LogP contribution in [0.4, 0.5) is 5.82 Å². The van der Waals surface area contributed by atoms with Crippen LogP contribution in [0.5, 0.6) is 0 Å². The minimum absolute atomic E-state index is 0.214. The Morgan fingerprint density at radius 3 is 2.64 bits per heavy atom. The van der Waals surface area contributed by atoms with Gasteiger partial charge in [0.15, 0.2) is 11.5 Å². The summed E-state index contributed by atoms with van der Waals surface area (Å²) in [6.45, 7) is 6.03. The fourth-order valence-electron chi connectivity index (χ4n) is 2.85. The maximum Gasteiger partial charge on any atom is 0.272 e. The number of piperidine rings is 1. The lowest BCUT2D eigenvalue weighted by atomic mass is 10.1. The van der Waals surface area contributed by atoms with E-state index < -0.39 is 0 Å². The van der Waals surface area contributed by atoms with Gasteiger partial charge in [0, 0.05) is 30.4 Å². The van der Waals surface area contributed by atoms with E-state index in [0.29, 0.717) is 12.2 Å². The molecule has 0 atom stereocenters. The highest BCUT2D eigenvalue weighted by atomic mass is 16.1. The van der Waals surface area contributed by atoms with Gasteiger partial charge in [0.05, 0.1) is 0 Å². The Labute approximate surface area is 130 Å². The van der Waals surface area contributed by atoms with E-state index >= 15 is 0 Å². The van der Waals surface area contributed by atoms with E-state index in [-0.39, 0.29) is 5.91 Å². The van der Waals surface area contributed by atoms with Gasteiger partial charge in [0.1, 0.15) is 0 Å². The van der Waals surface area contributed by atoms with E-state index in [1.165, 1.54) is 19.3 Å². The molecule has 1 aromatic carbocycles. The SMILES string of the molecule is C=CCNC(=O)c1nnc(N2CCCCC2)c2ccccc12. The van der Waals surface area contributed by atoms with Crippen molar-refractivity contribution in [3.63, 3.8) is 0 Å². The lowest BCUT2D eigenvalue weighted by Gasteiger charge is -2.28. The van der Waals surface area contributed by atoms with Gasteiger partial charge in [-0.25, -0.2) is 0 Å². The number of amides is 1. The first-order chi connectivity index (χ1) is 10.8. The average molecular weight is 296 g/mol. The van der Waals surface area contributed by atoms with E-state index in [2.05, 4.69) is 27.0 Å². The Morgan fingerprint density at radius 2 is 1.91 bits per heavy atom. The molecule has 114 valence electrons. The molecule has 1 aliphatic heterocycles. The number of carbonyl (C=O) groups is 1. The first-order valence-electron chi connectivity index (χ1n) is 7.70. The van der Waals surface area contributed by atoms with Gasteiger partial charge in [0.2, 0.25) is 0 Å². The normalized spacial score (nSPS) is 14.8. The molecule has 22 heavy (non-hydrogen) atoms. The molecule has 5 heteroatoms. The lowest BCUT2D eigenvalue weighted by Crippen LogP contribution is -2.31. The fraction of sp³-hybridized carbons (Fsp3) is 0.353. The Morgan fingerprint density at radius 1 is 1.18 bits per heavy atom. The summed E-state index contributed by atoms with van der Waals surface area (Å²) in [7, 11) is 0. The van der Waals surface area contributed by atoms with E-state index in [9.17, 15) is 4.79 Å². The van der Waals surface area contributed by atoms with Gasteiger partial charge in [-0.05, 0) is 19.3 Å². The second kappa shape index (κ2) is 6.56. The largest absolute Gasteiger partial charge is 0.355 e. The molecule has 0 unspecified atom stereocenters. The van der Waals surface area contributed by atoms with Crippen molar-refractivity contribution in [2.75, 3.05) is 24.5 Å². The van der Waals surface area contributed by atoms with Crippen LogP contribution in [0.15, 0.2) is 36.9 Å². The molecule has 2 aromatic rings. The van der Waals surface area contributed by atoms with Crippen molar-refractivity contribution in [3.8, 4) is 0 Å². The Bertz CT molecular complexity index is 692. The molecule has 0 saturated carbocycles. The number of fused-ring (bicyclic) bond motifs is 1. The summed E-state index contributed by atoms with van der Waals surface area (Å²) in [5.41, 5.74) is 0.373. The fourth-order valence-corrected chi connectivity index (χ4v) is 2.85. The van der Waals surface area contributed by atoms with Crippen LogP contribution in [-0.4, -0.2) is 35.7 Å². The summed E-state index contributed by atoms with van der Waals surface area (Å²) in [5, 5.41) is 13.1. The van der Waals surface area contributed by atoms with Gasteiger partial charge >= 0.3 is 0 Å². The van der Waals surface area contributed by atoms with Crippen molar-refractivity contribution < 1.29 is 4.79 Å². The van der Waals surface area contributed by atoms with Crippen molar-refractivity contribution in [2.24, 2.45) is 0 Å². The summed E-state index contributed by atoms with van der Waals surface area (Å²) < 4.78 is 0. The second-order valence-corrected chi connectivity index (χ2v) is 5.46. The zero-order chi connectivity index (χ0) is 15.4. The third-order valence-electron chi connectivity index (χ3n) is 3.95. The molecule has 1 aromatic heterocycles. The molecule has 0 bridgehead atoms. The van der Waals surface area contributed by atoms with Crippen LogP contribution in [0.1, 0.15) is 29.8 Å². The van der Waals surface area contributed by atoms with Gasteiger partial charge in [-0.15, -0.1) is 16.8 Å². The first kappa shape index (κ1) is 14.5. The van der Waals surface area contributed by atoms with Crippen molar-refractivity contribution >= 4 is 22.5 Å². The van der Waals surface area contributed by atoms with Crippen LogP contribution in [0.3, 0.4) is 0 Å². The van der Waals surface area contributed by atoms with Crippen molar-refractivity contribution in [2.45, 2.75) is 19.3 Å². The summed E-state index contributed by atoms with van der Waals surface area (Å²) in [5.74, 6) is 0.671. The molecule has 1 fully saturated rings. The highest BCUT2D eigenvalue weighted by Gasteiger charge is 2.19. The highest BCUT2D eigenvalue weighted by Crippen LogP contribution is 2.27. The Balaban J connectivity index is 2.02. The molecule has 3 rings (SSSR count). The van der Waals surface area contributed by atoms with Crippen molar-refractivity contribution in [1.82, 2.24) is 15.5 Å². The van der Waals surface area contributed by atoms with Gasteiger partial charge in [-0.3, -0.25) is 4.79 Å². The van der Waals surface area contributed by atoms with Crippen molar-refractivity contribution in [3.05, 3.63) is 42.6 Å². The first-order valence-corrected chi connectivity index (χ1v) is 7.70. The number of benzene rings is 1. The van der Waals surface area contributed by atoms with Gasteiger partial charge in [-0.2, -0.15) is 0 Å². The molecule has 1 saturated heterocycles. The predicted octanol–water partition coefficient (Wildman–Crippen LogP) is 2.54. The highest BCUT2D eigenvalue weighted by molar-refractivity contribution is 6.07. The number of hydrogen-bond acceptors (Lipinski definition) is 4. The van der Waals surface area contributed by atoms with Gasteiger partial charge in [-0.1, -0.05) is 30.3 Å². The van der Waals surface area contributed by atoms with Crippen LogP contribution in [0, 0.1) is 0 Å². The molecule has 2 heterocycles. The summed E-state index contributed by atoms with van der Waals surface area (Å²) >= 11 is 0. The third-order valence-corrected chi connectivity index (χ3v) is 3.95. The van der Waals surface area contributed by atoms with Crippen LogP contribution in [0.2, 0.25) is 0 Å². The molecule has 5 nitrogen and oxygen atoms in total. The van der Waals surface area contributed by atoms with E-state index in [4.69, 9.17) is 0 Å². The lowest BCUT2D eigenvalue weighted by molar-refractivity contribution is 0.0954. The predicted molar refractivity (Wildman–Crippen MR) is 88.1 cm³/mol. The molecular formula is C17H20N4O. The van der Waals surface area contributed by atoms with E-state index in [1.807, 2.05) is 24.3 Å². The molecule has 0 spiro atoms. The molecule has 0 aliphatic carbocycles. The number of aromatic nitrogens is 2. The summed E-state index contributed by atoms with van der Waals surface area (Å²) in [6, 6.07) is 7.84. The van der Waals surface area contributed by atoms with Crippen LogP contribution in [0.25, 0.3) is 10.8 Å². The maximum atomic E-state index is 12.2. The number of carbonyl (C=O) groups excluding carboxylic acids is 1. The topological polar surface area (TPSA) is 58.1 Å². The van der Waals surface area contributed by atoms with E-state index in [0.717, 1.165) is 29.7 Å². The van der Waals surface area contributed by atoms with E-state index in [1.54, 1.807) is 6.08 Å². The Hall–Kier alpha value is -2.43. The quantitative estimate of drug-likeness (QED) is 0.881. The summed E-state index contributed by atoms with van der Waals surface area (Å²) in [4.78, 5) is 14.5. The number of anilines is 1. The molecule has 1 N–H and O–H groups in total. The molecule has 0 radical (unpaired) electrons. The summed E-state index contributed by atoms with van der Waals surface area (Å²) in [6.07, 6.45) is 5.27. The number of nitrogens with zero attached hydrogens (tertiary/aromatic N) is 3. The zero-order valence-electron chi connectivity index (χ0n) is 12.6. The number of nitrogens with one attached hydrogen (secondary N) is 1. The molecular weight excluding hydrogens is 276 g/mol. The van der Waals surface area contributed by atoms with Gasteiger partial charge in [0.25, 0.3) is 5.91 Å². The number of rotatable bonds is 4. The van der Waals surface area contributed by atoms with Crippen molar-refractivity contribution in [1.29, 1.82) is 0 Å². The van der Waals surface area contributed by atoms with Crippen LogP contribution >= 0.6 is 0 Å². The second-order valence-electron chi connectivity index (χ2n) is 5.46. The van der Waals surface area contributed by atoms with Crippen LogP contribution < -0.4 is 10.2 Å². The standard InChI is InChI=1S/C17H20N4O/c1-2-10-18-17(22)15-13-8-4-5-9-14(13)16(20-19-15)21-11-6-3-7-12-21/h2,4-5,8-9H,1,3,6-7,10-12H2,(H,18,22). The molecule has 1 aliphatic rings. The van der Waals surface area contributed by atoms with Crippen LogP contribution in [-0.2, 0) is 0 Å². The third kappa shape index (κ3) is 2.79. The smallest absolute Gasteiger partial charge is 0.272 e. The average Bonchev–Trinajstić information content (AvgIpc) is 2.59. The monoisotopic (exact) mass is 296 g/mol. The number of hydrogen-bond donors (Lipinski definition) is 1. The minimum atomic E-state index is -0.214. The molecule has 1 amide bonds. The zero-order valence-corrected chi connectivity index (χ0v) is 12.6. The minimum Gasteiger partial charge on any atom is -0.355 e. The van der Waals surface area contributed by atoms with Gasteiger partial charge < -0.3 is 10.2 Å².